The van der Waals surface area contributed by atoms with E-state index in [1.54, 1.807) is 0 Å². The Kier molecular flexibility index (Phi) is 11.7. The maximum atomic E-state index is 3.78. The number of halogens is 2. The van der Waals surface area contributed by atoms with Crippen molar-refractivity contribution in [1.29, 1.82) is 0 Å². The molecular weight excluding hydrogens is 243 g/mol. The molecule has 4 heteroatoms. The van der Waals surface area contributed by atoms with Crippen molar-refractivity contribution in [1.82, 2.24) is 12.3 Å². The second-order valence-electron chi connectivity index (χ2n) is 2.77. The Morgan fingerprint density at radius 2 is 1.38 bits per heavy atom. The molecule has 0 radical (unpaired) electrons. The topological polar surface area (TPSA) is 70.0 Å². The van der Waals surface area contributed by atoms with E-state index in [9.17, 15) is 0 Å². The lowest BCUT2D eigenvalue weighted by Crippen LogP contribution is -1.75. The first-order valence-corrected chi connectivity index (χ1v) is 4.02. The monoisotopic (exact) mass is 260 g/mol. The summed E-state index contributed by atoms with van der Waals surface area (Å²) in [4.78, 5) is 0. The zero-order valence-electron chi connectivity index (χ0n) is 9.06. The van der Waals surface area contributed by atoms with E-state index in [0.717, 1.165) is 0 Å². The first-order valence-electron chi connectivity index (χ1n) is 4.02. The molecule has 2 aromatic rings. The molecule has 0 aliphatic rings. The first kappa shape index (κ1) is 20.4. The highest BCUT2D eigenvalue weighted by molar-refractivity contribution is 5.90. The lowest BCUT2D eigenvalue weighted by Gasteiger charge is -1.99. The van der Waals surface area contributed by atoms with Crippen LogP contribution in [0.5, 0.6) is 0 Å². The van der Waals surface area contributed by atoms with E-state index in [1.165, 1.54) is 16.3 Å². The molecule has 16 heavy (non-hydrogen) atoms. The summed E-state index contributed by atoms with van der Waals surface area (Å²) in [6.45, 7) is 3.78. The number of hydrogen-bond acceptors (Lipinski definition) is 2. The molecule has 0 bridgehead atoms. The van der Waals surface area contributed by atoms with Crippen LogP contribution < -0.4 is 12.3 Å². The fourth-order valence-electron chi connectivity index (χ4n) is 1.43. The van der Waals surface area contributed by atoms with E-state index < -0.39 is 0 Å². The molecule has 0 saturated carbocycles. The zero-order valence-corrected chi connectivity index (χ0v) is 10.7. The minimum Gasteiger partial charge on any atom is -0.344 e. The first-order chi connectivity index (χ1) is 5.92. The van der Waals surface area contributed by atoms with Gasteiger partial charge in [-0.1, -0.05) is 55.1 Å². The summed E-state index contributed by atoms with van der Waals surface area (Å²) in [5.41, 5.74) is 1.20. The number of rotatable bonds is 1. The molecule has 2 aromatic carbocycles. The van der Waals surface area contributed by atoms with Crippen LogP contribution in [0.15, 0.2) is 49.0 Å². The van der Waals surface area contributed by atoms with E-state index in [2.05, 4.69) is 49.0 Å². The van der Waals surface area contributed by atoms with Crippen molar-refractivity contribution < 1.29 is 0 Å². The van der Waals surface area contributed by atoms with Gasteiger partial charge in [-0.05, 0) is 16.3 Å². The summed E-state index contributed by atoms with van der Waals surface area (Å²) < 4.78 is 0. The van der Waals surface area contributed by atoms with E-state index >= 15 is 0 Å². The predicted molar refractivity (Wildman–Crippen MR) is 78.6 cm³/mol. The van der Waals surface area contributed by atoms with Gasteiger partial charge in [0.05, 0.1) is 0 Å². The van der Waals surface area contributed by atoms with Gasteiger partial charge >= 0.3 is 0 Å². The number of fused-ring (bicyclic) bond motifs is 1. The third-order valence-electron chi connectivity index (χ3n) is 2.04. The van der Waals surface area contributed by atoms with Gasteiger partial charge in [-0.3, -0.25) is 0 Å². The maximum absolute atomic E-state index is 3.78. The third kappa shape index (κ3) is 3.83. The Morgan fingerprint density at radius 3 is 2.00 bits per heavy atom. The Morgan fingerprint density at radius 1 is 0.812 bits per heavy atom. The molecule has 0 heterocycles. The highest BCUT2D eigenvalue weighted by atomic mass is 35.5. The van der Waals surface area contributed by atoms with Gasteiger partial charge in [-0.15, -0.1) is 24.8 Å². The summed E-state index contributed by atoms with van der Waals surface area (Å²) in [5.74, 6) is 0. The minimum atomic E-state index is 0. The van der Waals surface area contributed by atoms with Gasteiger partial charge < -0.3 is 12.3 Å². The predicted octanol–water partition coefficient (Wildman–Crippen LogP) is 4.65. The second-order valence-corrected chi connectivity index (χ2v) is 2.77. The normalized spacial score (nSPS) is 7.50. The quantitative estimate of drug-likeness (QED) is 0.784. The summed E-state index contributed by atoms with van der Waals surface area (Å²) in [6.07, 6.45) is 1.89. The van der Waals surface area contributed by atoms with Crippen molar-refractivity contribution in [2.75, 3.05) is 0 Å². The minimum absolute atomic E-state index is 0. The largest absolute Gasteiger partial charge is 0.344 e. The summed E-state index contributed by atoms with van der Waals surface area (Å²) in [5, 5.41) is 2.55. The van der Waals surface area contributed by atoms with E-state index in [0.29, 0.717) is 0 Å². The van der Waals surface area contributed by atoms with Gasteiger partial charge in [-0.25, -0.2) is 0 Å². The molecule has 0 spiro atoms. The molecule has 0 saturated heterocycles. The average molecular weight is 261 g/mol. The third-order valence-corrected chi connectivity index (χ3v) is 2.04. The Balaban J connectivity index is -0.000000422. The van der Waals surface area contributed by atoms with Gasteiger partial charge in [-0.2, -0.15) is 0 Å². The molecule has 0 aromatic heterocycles. The van der Waals surface area contributed by atoms with Crippen molar-refractivity contribution in [2.45, 2.75) is 0 Å². The molecule has 0 aliphatic carbocycles. The Labute approximate surface area is 109 Å². The molecule has 2 rings (SSSR count). The van der Waals surface area contributed by atoms with Crippen molar-refractivity contribution >= 4 is 41.7 Å². The fraction of sp³-hybridized carbons (Fsp3) is 0. The van der Waals surface area contributed by atoms with E-state index in [-0.39, 0.29) is 37.1 Å². The van der Waals surface area contributed by atoms with Crippen LogP contribution in [0.4, 0.5) is 0 Å². The van der Waals surface area contributed by atoms with Gasteiger partial charge in [0, 0.05) is 0 Å². The summed E-state index contributed by atoms with van der Waals surface area (Å²) in [7, 11) is 0. The molecule has 2 nitrogen and oxygen atoms in total. The van der Waals surface area contributed by atoms with Crippen molar-refractivity contribution in [3.05, 3.63) is 54.6 Å². The molecule has 0 atom stereocenters. The van der Waals surface area contributed by atoms with E-state index in [1.807, 2.05) is 6.08 Å². The highest BCUT2D eigenvalue weighted by Crippen LogP contribution is 2.18. The molecule has 0 aliphatic heterocycles. The van der Waals surface area contributed by atoms with Crippen LogP contribution in [-0.2, 0) is 0 Å². The lowest BCUT2D eigenvalue weighted by atomic mass is 10.1. The molecular formula is C12H18Cl2N2. The van der Waals surface area contributed by atoms with Crippen LogP contribution in [-0.4, -0.2) is 0 Å². The number of benzene rings is 2. The summed E-state index contributed by atoms with van der Waals surface area (Å²) in [6, 6.07) is 14.6. The van der Waals surface area contributed by atoms with Gasteiger partial charge in [0.15, 0.2) is 0 Å². The van der Waals surface area contributed by atoms with E-state index in [4.69, 9.17) is 0 Å². The fourth-order valence-corrected chi connectivity index (χ4v) is 1.43. The Hall–Kier alpha value is -1.06. The highest BCUT2D eigenvalue weighted by Gasteiger charge is 1.93. The van der Waals surface area contributed by atoms with Crippen molar-refractivity contribution in [3.8, 4) is 0 Å². The van der Waals surface area contributed by atoms with Crippen LogP contribution in [0.25, 0.3) is 16.8 Å². The van der Waals surface area contributed by atoms with Gasteiger partial charge in [0.2, 0.25) is 0 Å². The smallest absolute Gasteiger partial charge is 0.0112 e. The molecule has 6 N–H and O–H groups in total. The molecule has 90 valence electrons. The van der Waals surface area contributed by atoms with Crippen molar-refractivity contribution in [2.24, 2.45) is 0 Å². The Bertz CT molecular complexity index is 425. The second kappa shape index (κ2) is 9.19. The molecule has 0 unspecified atom stereocenters. The van der Waals surface area contributed by atoms with Gasteiger partial charge in [0.1, 0.15) is 0 Å². The molecule has 0 fully saturated rings. The summed E-state index contributed by atoms with van der Waals surface area (Å²) >= 11 is 0. The SMILES string of the molecule is C=Cc1cccc2ccccc12.Cl.Cl.N.N. The van der Waals surface area contributed by atoms with Gasteiger partial charge in [0.25, 0.3) is 0 Å². The maximum Gasteiger partial charge on any atom is -0.0112 e. The van der Waals surface area contributed by atoms with Crippen LogP contribution >= 0.6 is 24.8 Å². The van der Waals surface area contributed by atoms with Crippen LogP contribution in [0.1, 0.15) is 5.56 Å². The lowest BCUT2D eigenvalue weighted by molar-refractivity contribution is 1.72. The standard InChI is InChI=1S/C12H10.2ClH.2H3N/c1-2-10-7-5-8-11-6-3-4-9-12(10)11;;;;/h2-9H,1H2;2*1H;2*1H3. The molecule has 0 amide bonds. The zero-order chi connectivity index (χ0) is 8.39. The number of hydrogen-bond donors (Lipinski definition) is 2. The van der Waals surface area contributed by atoms with Crippen LogP contribution in [0.2, 0.25) is 0 Å². The van der Waals surface area contributed by atoms with Crippen LogP contribution in [0, 0.1) is 0 Å². The van der Waals surface area contributed by atoms with Crippen molar-refractivity contribution in [3.63, 3.8) is 0 Å². The van der Waals surface area contributed by atoms with Crippen LogP contribution in [0.3, 0.4) is 0 Å². The average Bonchev–Trinajstić information content (AvgIpc) is 2.17.